The Labute approximate surface area is 143 Å². The van der Waals surface area contributed by atoms with Crippen LogP contribution >= 0.6 is 0 Å². The van der Waals surface area contributed by atoms with E-state index in [0.717, 1.165) is 4.90 Å². The highest BCUT2D eigenvalue weighted by atomic mass is 19.1. The minimum atomic E-state index is -1.32. The molecule has 1 atom stereocenters. The van der Waals surface area contributed by atoms with E-state index in [4.69, 9.17) is 5.73 Å². The van der Waals surface area contributed by atoms with Crippen molar-refractivity contribution in [2.75, 3.05) is 0 Å². The highest BCUT2D eigenvalue weighted by Gasteiger charge is 2.49. The van der Waals surface area contributed by atoms with Gasteiger partial charge < -0.3 is 11.1 Å². The van der Waals surface area contributed by atoms with Gasteiger partial charge in [-0.1, -0.05) is 24.3 Å². The fourth-order valence-corrected chi connectivity index (χ4v) is 2.84. The first-order valence-corrected chi connectivity index (χ1v) is 7.60. The number of benzene rings is 2. The average molecular weight is 341 g/mol. The summed E-state index contributed by atoms with van der Waals surface area (Å²) in [5.74, 6) is -1.55. The molecule has 25 heavy (non-hydrogen) atoms. The number of halogens is 1. The first-order valence-electron chi connectivity index (χ1n) is 7.60. The Hall–Kier alpha value is -3.22. The van der Waals surface area contributed by atoms with Gasteiger partial charge >= 0.3 is 6.03 Å². The standard InChI is InChI=1S/C18H16FN3O3/c1-18(13-6-3-5-12(9-13)15(20)23)16(24)22(17(25)21-18)10-11-4-2-7-14(19)8-11/h2-9H,10H2,1H3,(H2,20,23)(H,21,25). The zero-order valence-electron chi connectivity index (χ0n) is 13.5. The Morgan fingerprint density at radius 1 is 1.20 bits per heavy atom. The van der Waals surface area contributed by atoms with Crippen molar-refractivity contribution in [3.05, 3.63) is 71.0 Å². The number of hydrogen-bond acceptors (Lipinski definition) is 3. The number of nitrogens with one attached hydrogen (secondary N) is 1. The molecule has 1 unspecified atom stereocenters. The molecule has 1 aliphatic heterocycles. The fourth-order valence-electron chi connectivity index (χ4n) is 2.84. The molecule has 4 amide bonds. The number of rotatable bonds is 4. The zero-order chi connectivity index (χ0) is 18.2. The largest absolute Gasteiger partial charge is 0.366 e. The van der Waals surface area contributed by atoms with E-state index in [1.54, 1.807) is 25.1 Å². The van der Waals surface area contributed by atoms with Gasteiger partial charge in [-0.15, -0.1) is 0 Å². The Balaban J connectivity index is 1.92. The van der Waals surface area contributed by atoms with E-state index in [-0.39, 0.29) is 12.1 Å². The summed E-state index contributed by atoms with van der Waals surface area (Å²) < 4.78 is 13.3. The lowest BCUT2D eigenvalue weighted by atomic mass is 9.90. The van der Waals surface area contributed by atoms with Crippen molar-refractivity contribution in [3.8, 4) is 0 Å². The second kappa shape index (κ2) is 6.01. The predicted molar refractivity (Wildman–Crippen MR) is 87.8 cm³/mol. The van der Waals surface area contributed by atoms with Crippen LogP contribution in [0.15, 0.2) is 48.5 Å². The van der Waals surface area contributed by atoms with Crippen LogP contribution in [-0.4, -0.2) is 22.7 Å². The van der Waals surface area contributed by atoms with Gasteiger partial charge in [-0.2, -0.15) is 0 Å². The molecular formula is C18H16FN3O3. The number of hydrogen-bond donors (Lipinski definition) is 2. The van der Waals surface area contributed by atoms with Crippen LogP contribution < -0.4 is 11.1 Å². The third-order valence-electron chi connectivity index (χ3n) is 4.23. The van der Waals surface area contributed by atoms with Crippen molar-refractivity contribution in [1.29, 1.82) is 0 Å². The molecular weight excluding hydrogens is 325 g/mol. The highest BCUT2D eigenvalue weighted by Crippen LogP contribution is 2.30. The van der Waals surface area contributed by atoms with Crippen LogP contribution in [0.4, 0.5) is 9.18 Å². The first-order chi connectivity index (χ1) is 11.8. The summed E-state index contributed by atoms with van der Waals surface area (Å²) in [6.07, 6.45) is 0. The maximum absolute atomic E-state index is 13.3. The third kappa shape index (κ3) is 2.96. The highest BCUT2D eigenvalue weighted by molar-refractivity contribution is 6.07. The number of carbonyl (C=O) groups excluding carboxylic acids is 3. The van der Waals surface area contributed by atoms with Crippen LogP contribution in [0.25, 0.3) is 0 Å². The fraction of sp³-hybridized carbons (Fsp3) is 0.167. The molecule has 1 heterocycles. The van der Waals surface area contributed by atoms with E-state index in [1.807, 2.05) is 0 Å². The molecule has 0 bridgehead atoms. The summed E-state index contributed by atoms with van der Waals surface area (Å²) in [6, 6.07) is 11.4. The van der Waals surface area contributed by atoms with E-state index >= 15 is 0 Å². The number of amides is 4. The zero-order valence-corrected chi connectivity index (χ0v) is 13.5. The lowest BCUT2D eigenvalue weighted by Gasteiger charge is -2.22. The number of urea groups is 1. The van der Waals surface area contributed by atoms with Crippen molar-refractivity contribution in [2.45, 2.75) is 19.0 Å². The molecule has 7 heteroatoms. The molecule has 0 radical (unpaired) electrons. The van der Waals surface area contributed by atoms with Crippen LogP contribution in [0, 0.1) is 5.82 Å². The molecule has 0 spiro atoms. The smallest absolute Gasteiger partial charge is 0.325 e. The molecule has 128 valence electrons. The average Bonchev–Trinajstić information content (AvgIpc) is 2.79. The first kappa shape index (κ1) is 16.6. The van der Waals surface area contributed by atoms with E-state index in [2.05, 4.69) is 5.32 Å². The van der Waals surface area contributed by atoms with Crippen molar-refractivity contribution in [1.82, 2.24) is 10.2 Å². The molecule has 2 aromatic rings. The minimum Gasteiger partial charge on any atom is -0.366 e. The summed E-state index contributed by atoms with van der Waals surface area (Å²) >= 11 is 0. The van der Waals surface area contributed by atoms with Crippen LogP contribution in [0.2, 0.25) is 0 Å². The number of nitrogens with two attached hydrogens (primary N) is 1. The number of nitrogens with zero attached hydrogens (tertiary/aromatic N) is 1. The van der Waals surface area contributed by atoms with Gasteiger partial charge in [0.1, 0.15) is 11.4 Å². The van der Waals surface area contributed by atoms with Crippen LogP contribution in [-0.2, 0) is 16.9 Å². The van der Waals surface area contributed by atoms with Crippen molar-refractivity contribution in [2.24, 2.45) is 5.73 Å². The number of carbonyl (C=O) groups is 3. The van der Waals surface area contributed by atoms with Gasteiger partial charge in [0.25, 0.3) is 5.91 Å². The summed E-state index contributed by atoms with van der Waals surface area (Å²) in [4.78, 5) is 37.5. The molecule has 1 saturated heterocycles. The maximum atomic E-state index is 13.3. The predicted octanol–water partition coefficient (Wildman–Crippen LogP) is 1.89. The van der Waals surface area contributed by atoms with Crippen LogP contribution in [0.5, 0.6) is 0 Å². The number of imide groups is 1. The topological polar surface area (TPSA) is 92.5 Å². The normalized spacial score (nSPS) is 19.8. The molecule has 1 fully saturated rings. The number of primary amides is 1. The monoisotopic (exact) mass is 341 g/mol. The van der Waals surface area contributed by atoms with Crippen molar-refractivity contribution in [3.63, 3.8) is 0 Å². The molecule has 0 aliphatic carbocycles. The second-order valence-corrected chi connectivity index (χ2v) is 6.02. The van der Waals surface area contributed by atoms with Gasteiger partial charge in [-0.3, -0.25) is 14.5 Å². The summed E-state index contributed by atoms with van der Waals surface area (Å²) in [5, 5.41) is 2.64. The summed E-state index contributed by atoms with van der Waals surface area (Å²) in [6.45, 7) is 1.51. The molecule has 0 aromatic heterocycles. The van der Waals surface area contributed by atoms with Gasteiger partial charge in [0.15, 0.2) is 0 Å². The van der Waals surface area contributed by atoms with E-state index < -0.39 is 29.2 Å². The van der Waals surface area contributed by atoms with Crippen molar-refractivity contribution < 1.29 is 18.8 Å². The van der Waals surface area contributed by atoms with Gasteiger partial charge in [0.05, 0.1) is 6.54 Å². The van der Waals surface area contributed by atoms with E-state index in [9.17, 15) is 18.8 Å². The van der Waals surface area contributed by atoms with Crippen LogP contribution in [0.3, 0.4) is 0 Å². The van der Waals surface area contributed by atoms with E-state index in [0.29, 0.717) is 11.1 Å². The molecule has 2 aromatic carbocycles. The Morgan fingerprint density at radius 2 is 1.92 bits per heavy atom. The minimum absolute atomic E-state index is 0.0481. The molecule has 3 N–H and O–H groups in total. The quantitative estimate of drug-likeness (QED) is 0.832. The second-order valence-electron chi connectivity index (χ2n) is 6.02. The Morgan fingerprint density at radius 3 is 2.60 bits per heavy atom. The molecule has 0 saturated carbocycles. The van der Waals surface area contributed by atoms with Gasteiger partial charge in [-0.25, -0.2) is 9.18 Å². The van der Waals surface area contributed by atoms with Gasteiger partial charge in [0, 0.05) is 5.56 Å². The van der Waals surface area contributed by atoms with E-state index in [1.165, 1.54) is 30.3 Å². The van der Waals surface area contributed by atoms with Crippen LogP contribution in [0.1, 0.15) is 28.4 Å². The van der Waals surface area contributed by atoms with Gasteiger partial charge in [0.2, 0.25) is 5.91 Å². The van der Waals surface area contributed by atoms with Gasteiger partial charge in [-0.05, 0) is 42.3 Å². The molecule has 6 nitrogen and oxygen atoms in total. The third-order valence-corrected chi connectivity index (χ3v) is 4.23. The lowest BCUT2D eigenvalue weighted by molar-refractivity contribution is -0.131. The Bertz CT molecular complexity index is 883. The SMILES string of the molecule is CC1(c2cccc(C(N)=O)c2)NC(=O)N(Cc2cccc(F)c2)C1=O. The molecule has 1 aliphatic rings. The summed E-state index contributed by atoms with van der Waals surface area (Å²) in [5.41, 5.74) is 5.14. The Kier molecular flexibility index (Phi) is 4.00. The summed E-state index contributed by atoms with van der Waals surface area (Å²) in [7, 11) is 0. The maximum Gasteiger partial charge on any atom is 0.325 e. The van der Waals surface area contributed by atoms with Crippen molar-refractivity contribution >= 4 is 17.8 Å². The lowest BCUT2D eigenvalue weighted by Crippen LogP contribution is -2.41. The molecule has 3 rings (SSSR count).